The summed E-state index contributed by atoms with van der Waals surface area (Å²) in [5, 5.41) is 0. The van der Waals surface area contributed by atoms with Gasteiger partial charge in [0, 0.05) is 32.3 Å². The zero-order valence-electron chi connectivity index (χ0n) is 27.3. The Hall–Kier alpha value is 0.0569. The molecule has 0 spiro atoms. The lowest BCUT2D eigenvalue weighted by atomic mass is 10.1. The molecule has 0 aromatic carbocycles. The second kappa shape index (κ2) is 27.2. The highest BCUT2D eigenvalue weighted by atomic mass is 28.4. The monoisotopic (exact) mass is 559 g/mol. The van der Waals surface area contributed by atoms with Crippen molar-refractivity contribution in [2.75, 3.05) is 46.0 Å². The summed E-state index contributed by atoms with van der Waals surface area (Å²) in [5.74, 6) is 0. The molecule has 5 heteroatoms. The van der Waals surface area contributed by atoms with Crippen LogP contribution in [-0.4, -0.2) is 59.3 Å². The molecular formula is C33H72NO3Si+. The van der Waals surface area contributed by atoms with Crippen LogP contribution < -0.4 is 0 Å². The minimum Gasteiger partial charge on any atom is -0.374 e. The van der Waals surface area contributed by atoms with Gasteiger partial charge in [0.15, 0.2) is 0 Å². The van der Waals surface area contributed by atoms with Crippen molar-refractivity contribution >= 4 is 8.80 Å². The first-order chi connectivity index (χ1) is 18.6. The molecule has 230 valence electrons. The zero-order valence-corrected chi connectivity index (χ0v) is 28.3. The van der Waals surface area contributed by atoms with E-state index in [2.05, 4.69) is 41.5 Å². The van der Waals surface area contributed by atoms with Gasteiger partial charge in [-0.15, -0.1) is 0 Å². The summed E-state index contributed by atoms with van der Waals surface area (Å²) in [6.07, 6.45) is 26.2. The van der Waals surface area contributed by atoms with Gasteiger partial charge < -0.3 is 17.8 Å². The summed E-state index contributed by atoms with van der Waals surface area (Å²) in [7, 11) is -2.56. The Morgan fingerprint density at radius 1 is 0.368 bits per heavy atom. The van der Waals surface area contributed by atoms with E-state index >= 15 is 0 Å². The van der Waals surface area contributed by atoms with Crippen molar-refractivity contribution in [3.8, 4) is 0 Å². The van der Waals surface area contributed by atoms with Gasteiger partial charge in [-0.2, -0.15) is 0 Å². The number of nitrogens with zero attached hydrogens (tertiary/aromatic N) is 1. The largest absolute Gasteiger partial charge is 0.501 e. The van der Waals surface area contributed by atoms with Gasteiger partial charge in [-0.3, -0.25) is 0 Å². The summed E-state index contributed by atoms with van der Waals surface area (Å²) in [6, 6.07) is 0.964. The van der Waals surface area contributed by atoms with Crippen LogP contribution in [0.15, 0.2) is 0 Å². The second-order valence-corrected chi connectivity index (χ2v) is 14.4. The van der Waals surface area contributed by atoms with Gasteiger partial charge in [-0.1, -0.05) is 97.8 Å². The highest BCUT2D eigenvalue weighted by Crippen LogP contribution is 2.24. The molecule has 0 atom stereocenters. The first-order valence-corrected chi connectivity index (χ1v) is 19.3. The second-order valence-electron chi connectivity index (χ2n) is 11.6. The highest BCUT2D eigenvalue weighted by Gasteiger charge is 2.41. The minimum atomic E-state index is -2.56. The van der Waals surface area contributed by atoms with Gasteiger partial charge in [0.05, 0.1) is 26.2 Å². The Bertz CT molecular complexity index is 419. The van der Waals surface area contributed by atoms with E-state index in [-0.39, 0.29) is 0 Å². The lowest BCUT2D eigenvalue weighted by Gasteiger charge is -2.40. The van der Waals surface area contributed by atoms with Crippen LogP contribution in [0, 0.1) is 0 Å². The molecule has 0 rings (SSSR count). The Labute approximate surface area is 241 Å². The third-order valence-electron chi connectivity index (χ3n) is 8.17. The molecule has 0 aromatic heterocycles. The fourth-order valence-corrected chi connectivity index (χ4v) is 8.58. The summed E-state index contributed by atoms with van der Waals surface area (Å²) >= 11 is 0. The topological polar surface area (TPSA) is 27.7 Å². The molecule has 0 N–H and O–H groups in total. The van der Waals surface area contributed by atoms with Crippen molar-refractivity contribution in [3.63, 3.8) is 0 Å². The van der Waals surface area contributed by atoms with Crippen LogP contribution in [0.1, 0.15) is 164 Å². The molecule has 4 nitrogen and oxygen atoms in total. The Kier molecular flexibility index (Phi) is 27.3. The molecular weight excluding hydrogens is 486 g/mol. The molecule has 0 radical (unpaired) electrons. The molecule has 0 fully saturated rings. The van der Waals surface area contributed by atoms with E-state index in [0.29, 0.717) is 19.8 Å². The number of unbranched alkanes of at least 4 members (excludes halogenated alkanes) is 15. The average Bonchev–Trinajstić information content (AvgIpc) is 2.90. The molecule has 0 aliphatic rings. The lowest BCUT2D eigenvalue weighted by molar-refractivity contribution is -0.929. The molecule has 0 saturated heterocycles. The van der Waals surface area contributed by atoms with E-state index in [9.17, 15) is 0 Å². The third-order valence-corrected chi connectivity index (χ3v) is 11.3. The van der Waals surface area contributed by atoms with Crippen LogP contribution in [0.25, 0.3) is 0 Å². The molecule has 0 aromatic rings. The van der Waals surface area contributed by atoms with E-state index in [1.54, 1.807) is 0 Å². The summed E-state index contributed by atoms with van der Waals surface area (Å²) in [4.78, 5) is 0. The Morgan fingerprint density at radius 3 is 0.974 bits per heavy atom. The maximum absolute atomic E-state index is 6.22. The Morgan fingerprint density at radius 2 is 0.658 bits per heavy atom. The maximum atomic E-state index is 6.22. The van der Waals surface area contributed by atoms with Gasteiger partial charge in [-0.05, 0) is 59.3 Å². The predicted molar refractivity (Wildman–Crippen MR) is 170 cm³/mol. The van der Waals surface area contributed by atoms with Crippen LogP contribution >= 0.6 is 0 Å². The van der Waals surface area contributed by atoms with E-state index in [1.807, 2.05) is 0 Å². The van der Waals surface area contributed by atoms with Crippen molar-refractivity contribution in [2.45, 2.75) is 170 Å². The highest BCUT2D eigenvalue weighted by molar-refractivity contribution is 6.60. The first kappa shape index (κ1) is 38.1. The molecule has 0 saturated carbocycles. The van der Waals surface area contributed by atoms with Crippen molar-refractivity contribution in [3.05, 3.63) is 0 Å². The lowest BCUT2D eigenvalue weighted by Crippen LogP contribution is -2.52. The predicted octanol–water partition coefficient (Wildman–Crippen LogP) is 10.3. The fourth-order valence-electron chi connectivity index (χ4n) is 5.99. The van der Waals surface area contributed by atoms with Gasteiger partial charge in [0.1, 0.15) is 0 Å². The van der Waals surface area contributed by atoms with Crippen LogP contribution in [-0.2, 0) is 13.3 Å². The minimum absolute atomic E-state index is 0.680. The zero-order chi connectivity index (χ0) is 28.2. The van der Waals surface area contributed by atoms with Gasteiger partial charge >= 0.3 is 8.80 Å². The molecule has 0 amide bonds. The summed E-state index contributed by atoms with van der Waals surface area (Å²) in [6.45, 7) is 20.6. The molecule has 0 aliphatic carbocycles. The molecule has 0 bridgehead atoms. The fraction of sp³-hybridized carbons (Fsp3) is 1.00. The van der Waals surface area contributed by atoms with Crippen molar-refractivity contribution in [1.82, 2.24) is 0 Å². The van der Waals surface area contributed by atoms with Gasteiger partial charge in [0.2, 0.25) is 0 Å². The normalized spacial score (nSPS) is 12.5. The van der Waals surface area contributed by atoms with E-state index < -0.39 is 8.80 Å². The van der Waals surface area contributed by atoms with Crippen molar-refractivity contribution < 1.29 is 17.8 Å². The quantitative estimate of drug-likeness (QED) is 0.0481. The summed E-state index contributed by atoms with van der Waals surface area (Å²) in [5.41, 5.74) is 0. The van der Waals surface area contributed by atoms with Crippen LogP contribution in [0.2, 0.25) is 6.04 Å². The van der Waals surface area contributed by atoms with Crippen molar-refractivity contribution in [2.24, 2.45) is 0 Å². The molecule has 0 unspecified atom stereocenters. The number of hydrogen-bond acceptors (Lipinski definition) is 3. The van der Waals surface area contributed by atoms with Crippen LogP contribution in [0.3, 0.4) is 0 Å². The third kappa shape index (κ3) is 20.0. The SMILES string of the molecule is CCCCCCCC[N+](CCCCCCCC)(CCCCCCCC)CCC[Si](OCC)(OCC)OCC. The molecule has 38 heavy (non-hydrogen) atoms. The number of rotatable bonds is 31. The smallest absolute Gasteiger partial charge is 0.374 e. The summed E-state index contributed by atoms with van der Waals surface area (Å²) < 4.78 is 20.0. The molecule has 0 aliphatic heterocycles. The van der Waals surface area contributed by atoms with E-state index in [0.717, 1.165) is 12.5 Å². The van der Waals surface area contributed by atoms with E-state index in [4.69, 9.17) is 13.3 Å². The van der Waals surface area contributed by atoms with Crippen LogP contribution in [0.4, 0.5) is 0 Å². The number of hydrogen-bond donors (Lipinski definition) is 0. The number of quaternary nitrogens is 1. The van der Waals surface area contributed by atoms with Crippen LogP contribution in [0.5, 0.6) is 0 Å². The standard InChI is InChI=1S/C33H72NO3Si/c1-7-13-16-19-22-25-29-34(30-26-23-20-17-14-8-2,31-27-24-21-18-15-9-3)32-28-33-38(35-10-4,36-11-5)37-12-6/h7-33H2,1-6H3/q+1. The Balaban J connectivity index is 5.34. The van der Waals surface area contributed by atoms with E-state index in [1.165, 1.54) is 146 Å². The van der Waals surface area contributed by atoms with Gasteiger partial charge in [-0.25, -0.2) is 0 Å². The van der Waals surface area contributed by atoms with Gasteiger partial charge in [0.25, 0.3) is 0 Å². The van der Waals surface area contributed by atoms with Crippen molar-refractivity contribution in [1.29, 1.82) is 0 Å². The average molecular weight is 559 g/mol. The first-order valence-electron chi connectivity index (χ1n) is 17.3. The maximum Gasteiger partial charge on any atom is 0.501 e. The molecule has 0 heterocycles.